The van der Waals surface area contributed by atoms with Crippen molar-refractivity contribution in [1.29, 1.82) is 0 Å². The van der Waals surface area contributed by atoms with Gasteiger partial charge in [-0.05, 0) is 158 Å². The molecule has 12 aromatic rings. The van der Waals surface area contributed by atoms with E-state index in [-0.39, 0.29) is 0 Å². The van der Waals surface area contributed by atoms with Crippen LogP contribution in [0.15, 0.2) is 243 Å². The summed E-state index contributed by atoms with van der Waals surface area (Å²) >= 11 is 0. The van der Waals surface area contributed by atoms with Crippen molar-refractivity contribution in [3.8, 4) is 67.5 Å². The van der Waals surface area contributed by atoms with E-state index in [1.165, 1.54) is 43.1 Å². The molecule has 0 unspecified atom stereocenters. The van der Waals surface area contributed by atoms with E-state index >= 15 is 0 Å². The molecule has 0 fully saturated rings. The molecule has 4 nitrogen and oxygen atoms in total. The predicted octanol–water partition coefficient (Wildman–Crippen LogP) is 17.6. The van der Waals surface area contributed by atoms with Gasteiger partial charge in [0.05, 0.1) is 0 Å². The van der Waals surface area contributed by atoms with E-state index in [4.69, 9.17) is 18.9 Å². The fraction of sp³-hybridized carbons (Fsp3) is 0.0588. The van der Waals surface area contributed by atoms with Gasteiger partial charge in [0.2, 0.25) is 0 Å². The molecule has 72 heavy (non-hydrogen) atoms. The van der Waals surface area contributed by atoms with Gasteiger partial charge < -0.3 is 18.9 Å². The molecule has 0 saturated heterocycles. The molecular formula is C68H48O4. The van der Waals surface area contributed by atoms with E-state index in [0.717, 1.165) is 89.8 Å². The Bertz CT molecular complexity index is 3430. The molecule has 0 atom stereocenters. The highest BCUT2D eigenvalue weighted by atomic mass is 16.5. The molecule has 0 aromatic heterocycles. The highest BCUT2D eigenvalue weighted by molar-refractivity contribution is 6.09. The van der Waals surface area contributed by atoms with E-state index < -0.39 is 0 Å². The second kappa shape index (κ2) is 18.7. The van der Waals surface area contributed by atoms with Crippen molar-refractivity contribution in [1.82, 2.24) is 0 Å². The summed E-state index contributed by atoms with van der Waals surface area (Å²) in [6.45, 7) is 1.57. The van der Waals surface area contributed by atoms with Gasteiger partial charge in [-0.25, -0.2) is 0 Å². The van der Waals surface area contributed by atoms with E-state index in [1.807, 2.05) is 0 Å². The molecular weight excluding hydrogens is 881 g/mol. The van der Waals surface area contributed by atoms with Crippen LogP contribution >= 0.6 is 0 Å². The van der Waals surface area contributed by atoms with Crippen LogP contribution in [0.2, 0.25) is 0 Å². The van der Waals surface area contributed by atoms with Gasteiger partial charge in [-0.2, -0.15) is 0 Å². The van der Waals surface area contributed by atoms with Crippen LogP contribution in [0.4, 0.5) is 0 Å². The van der Waals surface area contributed by atoms with Crippen molar-refractivity contribution in [2.24, 2.45) is 0 Å². The number of benzene rings is 12. The molecule has 0 aliphatic carbocycles. The third-order valence-electron chi connectivity index (χ3n) is 14.2. The third-order valence-corrected chi connectivity index (χ3v) is 14.2. The summed E-state index contributed by atoms with van der Waals surface area (Å²) < 4.78 is 26.7. The largest absolute Gasteiger partial charge is 0.489 e. The Hall–Kier alpha value is -9.12. The average Bonchev–Trinajstić information content (AvgIpc) is 3.45. The SMILES string of the molecule is c1ccc2c3c(ccc2c1)COc1ccc(cc1)-c1ccc(cc1)OCc1ccc2ccccc2c1-c1c(ccc2ccccc12)COc1ccc(cc1)-c1ccc(cc1)OCc1ccc2ccccc2c1-3. The van der Waals surface area contributed by atoms with E-state index in [1.54, 1.807) is 0 Å². The highest BCUT2D eigenvalue weighted by Gasteiger charge is 2.20. The minimum absolute atomic E-state index is 0.393. The Morgan fingerprint density at radius 2 is 0.403 bits per heavy atom. The smallest absolute Gasteiger partial charge is 0.119 e. The molecule has 0 radical (unpaired) electrons. The van der Waals surface area contributed by atoms with Crippen molar-refractivity contribution < 1.29 is 18.9 Å². The molecule has 7 heterocycles. The fourth-order valence-corrected chi connectivity index (χ4v) is 10.5. The minimum Gasteiger partial charge on any atom is -0.489 e. The fourth-order valence-electron chi connectivity index (χ4n) is 10.5. The van der Waals surface area contributed by atoms with E-state index in [2.05, 4.69) is 243 Å². The Kier molecular flexibility index (Phi) is 11.1. The zero-order valence-corrected chi connectivity index (χ0v) is 39.6. The highest BCUT2D eigenvalue weighted by Crippen LogP contribution is 2.43. The van der Waals surface area contributed by atoms with Gasteiger partial charge in [0.15, 0.2) is 0 Å². The first-order valence-electron chi connectivity index (χ1n) is 24.6. The van der Waals surface area contributed by atoms with Crippen molar-refractivity contribution >= 4 is 43.1 Å². The molecule has 344 valence electrons. The van der Waals surface area contributed by atoms with Gasteiger partial charge >= 0.3 is 0 Å². The molecule has 0 N–H and O–H groups in total. The van der Waals surface area contributed by atoms with Gasteiger partial charge in [-0.15, -0.1) is 0 Å². The molecule has 7 aliphatic heterocycles. The average molecular weight is 929 g/mol. The quantitative estimate of drug-likeness (QED) is 0.152. The zero-order valence-electron chi connectivity index (χ0n) is 39.6. The molecule has 0 saturated carbocycles. The molecule has 12 aromatic carbocycles. The van der Waals surface area contributed by atoms with Gasteiger partial charge in [0, 0.05) is 0 Å². The van der Waals surface area contributed by atoms with Crippen molar-refractivity contribution in [3.05, 3.63) is 265 Å². The number of hydrogen-bond acceptors (Lipinski definition) is 4. The lowest BCUT2D eigenvalue weighted by molar-refractivity contribution is 0.305. The third kappa shape index (κ3) is 8.23. The van der Waals surface area contributed by atoms with Crippen LogP contribution in [0.3, 0.4) is 0 Å². The topological polar surface area (TPSA) is 36.9 Å². The lowest BCUT2D eigenvalue weighted by atomic mass is 9.87. The van der Waals surface area contributed by atoms with Crippen LogP contribution in [-0.2, 0) is 26.4 Å². The van der Waals surface area contributed by atoms with Crippen molar-refractivity contribution in [3.63, 3.8) is 0 Å². The first-order chi connectivity index (χ1) is 35.7. The molecule has 0 amide bonds. The summed E-state index contributed by atoms with van der Waals surface area (Å²) in [6.07, 6.45) is 0. The maximum atomic E-state index is 6.67. The molecule has 8 bridgehead atoms. The first-order valence-corrected chi connectivity index (χ1v) is 24.6. The summed E-state index contributed by atoms with van der Waals surface area (Å²) in [7, 11) is 0. The summed E-state index contributed by atoms with van der Waals surface area (Å²) in [5.41, 5.74) is 13.4. The number of rotatable bonds is 0. The lowest BCUT2D eigenvalue weighted by Gasteiger charge is -2.20. The summed E-state index contributed by atoms with van der Waals surface area (Å²) in [5.74, 6) is 3.21. The monoisotopic (exact) mass is 928 g/mol. The van der Waals surface area contributed by atoms with Gasteiger partial charge in [-0.3, -0.25) is 0 Å². The van der Waals surface area contributed by atoms with Crippen LogP contribution in [0.25, 0.3) is 87.6 Å². The van der Waals surface area contributed by atoms with Gasteiger partial charge in [0.25, 0.3) is 0 Å². The number of hydrogen-bond donors (Lipinski definition) is 0. The Balaban J connectivity index is 0.896. The summed E-state index contributed by atoms with van der Waals surface area (Å²) in [4.78, 5) is 0. The van der Waals surface area contributed by atoms with Crippen LogP contribution < -0.4 is 18.9 Å². The second-order valence-corrected chi connectivity index (χ2v) is 18.5. The van der Waals surface area contributed by atoms with E-state index in [9.17, 15) is 0 Å². The molecule has 19 rings (SSSR count). The summed E-state index contributed by atoms with van der Waals surface area (Å²) in [6, 6.07) is 85.7. The maximum Gasteiger partial charge on any atom is 0.119 e. The second-order valence-electron chi connectivity index (χ2n) is 18.5. The summed E-state index contributed by atoms with van der Waals surface area (Å²) in [5, 5.41) is 9.39. The number of ether oxygens (including phenoxy) is 4. The van der Waals surface area contributed by atoms with E-state index in [0.29, 0.717) is 26.4 Å². The Morgan fingerprint density at radius 3 is 0.625 bits per heavy atom. The van der Waals surface area contributed by atoms with Gasteiger partial charge in [-0.1, -0.05) is 194 Å². The van der Waals surface area contributed by atoms with Crippen molar-refractivity contribution in [2.75, 3.05) is 0 Å². The zero-order chi connectivity index (χ0) is 47.8. The maximum absolute atomic E-state index is 6.67. The predicted molar refractivity (Wildman–Crippen MR) is 295 cm³/mol. The van der Waals surface area contributed by atoms with Crippen LogP contribution in [0.5, 0.6) is 23.0 Å². The van der Waals surface area contributed by atoms with Crippen LogP contribution in [-0.4, -0.2) is 0 Å². The normalized spacial score (nSPS) is 12.7. The molecule has 4 heteroatoms. The van der Waals surface area contributed by atoms with Crippen LogP contribution in [0, 0.1) is 0 Å². The minimum atomic E-state index is 0.393. The van der Waals surface area contributed by atoms with Crippen molar-refractivity contribution in [2.45, 2.75) is 26.4 Å². The lowest BCUT2D eigenvalue weighted by Crippen LogP contribution is -2.03. The molecule has 0 spiro atoms. The Labute approximate surface area is 418 Å². The number of fused-ring (bicyclic) bond motifs is 4. The van der Waals surface area contributed by atoms with Gasteiger partial charge in [0.1, 0.15) is 49.4 Å². The standard InChI is InChI=1S/C68H48O4/c1-5-13-61-49(9-1)17-21-53-41-69-57-33-25-45(26-34-57)47-29-37-59(38-30-47)71-43-55-23-19-51-11-3-7-15-63(51)67(55)68-56(24-20-52-12-4-8-16-64(52)68)44-72-60-39-31-48(32-40-60)46-27-35-58(36-28-46)70-42-54-22-18-50-10-2-6-14-62(50)66(54)65(53)61/h1-40H,41-44H2. The van der Waals surface area contributed by atoms with Crippen LogP contribution in [0.1, 0.15) is 22.3 Å². The Morgan fingerprint density at radius 1 is 0.194 bits per heavy atom. The first kappa shape index (κ1) is 42.9. The molecule has 7 aliphatic rings.